The second-order valence-corrected chi connectivity index (χ2v) is 7.40. The van der Waals surface area contributed by atoms with Crippen LogP contribution in [0.4, 0.5) is 5.69 Å². The zero-order chi connectivity index (χ0) is 18.9. The minimum atomic E-state index is 0.461. The molecule has 0 radical (unpaired) electrons. The second-order valence-electron chi connectivity index (χ2n) is 7.40. The molecule has 3 atom stereocenters. The molecule has 26 heavy (non-hydrogen) atoms. The molecular weight excluding hydrogens is 320 g/mol. The van der Waals surface area contributed by atoms with E-state index in [9.17, 15) is 0 Å². The number of nitrogens with zero attached hydrogens (tertiary/aromatic N) is 2. The lowest BCUT2D eigenvalue weighted by atomic mass is 9.73. The maximum atomic E-state index is 5.32. The van der Waals surface area contributed by atoms with Gasteiger partial charge in [-0.25, -0.2) is 0 Å². The molecule has 1 aliphatic heterocycles. The first kappa shape index (κ1) is 20.8. The summed E-state index contributed by atoms with van der Waals surface area (Å²) in [4.78, 5) is 0. The van der Waals surface area contributed by atoms with Crippen LogP contribution in [-0.4, -0.2) is 18.9 Å². The molecule has 1 saturated carbocycles. The van der Waals surface area contributed by atoms with Crippen molar-refractivity contribution < 1.29 is 4.74 Å². The Morgan fingerprint density at radius 1 is 1.04 bits per heavy atom. The van der Waals surface area contributed by atoms with Crippen LogP contribution in [-0.2, 0) is 0 Å². The molecule has 3 heteroatoms. The van der Waals surface area contributed by atoms with Crippen LogP contribution in [0.5, 0.6) is 5.75 Å². The predicted molar refractivity (Wildman–Crippen MR) is 113 cm³/mol. The van der Waals surface area contributed by atoms with Gasteiger partial charge in [-0.1, -0.05) is 40.0 Å². The normalized spacial score (nSPS) is 28.3. The van der Waals surface area contributed by atoms with Crippen molar-refractivity contribution >= 4 is 11.4 Å². The van der Waals surface area contributed by atoms with E-state index in [1.54, 1.807) is 7.11 Å². The van der Waals surface area contributed by atoms with Crippen LogP contribution >= 0.6 is 0 Å². The maximum Gasteiger partial charge on any atom is 0.119 e. The Morgan fingerprint density at radius 2 is 1.69 bits per heavy atom. The zero-order valence-corrected chi connectivity index (χ0v) is 17.5. The van der Waals surface area contributed by atoms with E-state index in [1.165, 1.54) is 49.9 Å². The standard InChI is InChI=1S/C21H32N2O.C2H6/c1-4-18-10-7-9-17-8-5-6-11-21(17)16(2)23(22-18)19-12-14-20(24-3)15-13-19;1-2/h12-17,21H,4-11H2,1-3H3;1-2H3/b22-18-;. The molecule has 0 bridgehead atoms. The summed E-state index contributed by atoms with van der Waals surface area (Å²) < 4.78 is 5.32. The fourth-order valence-corrected chi connectivity index (χ4v) is 4.55. The van der Waals surface area contributed by atoms with Gasteiger partial charge in [-0.2, -0.15) is 5.10 Å². The molecule has 3 unspecified atom stereocenters. The molecule has 1 heterocycles. The average Bonchev–Trinajstić information content (AvgIpc) is 2.78. The highest BCUT2D eigenvalue weighted by Gasteiger charge is 2.33. The number of methoxy groups -OCH3 is 1. The fraction of sp³-hybridized carbons (Fsp3) is 0.696. The quantitative estimate of drug-likeness (QED) is 0.602. The molecule has 1 aromatic carbocycles. The zero-order valence-electron chi connectivity index (χ0n) is 17.5. The summed E-state index contributed by atoms with van der Waals surface area (Å²) in [7, 11) is 1.72. The molecule has 3 rings (SSSR count). The van der Waals surface area contributed by atoms with E-state index in [4.69, 9.17) is 9.84 Å². The summed E-state index contributed by atoms with van der Waals surface area (Å²) in [6.45, 7) is 8.62. The topological polar surface area (TPSA) is 24.8 Å². The second kappa shape index (κ2) is 10.6. The van der Waals surface area contributed by atoms with Gasteiger partial charge in [0, 0.05) is 5.71 Å². The van der Waals surface area contributed by atoms with Crippen LogP contribution in [0.25, 0.3) is 0 Å². The SMILES string of the molecule is CC.CC/C1=N/N(c2ccc(OC)cc2)C(C)C2CCCCC2CCC1. The van der Waals surface area contributed by atoms with E-state index in [2.05, 4.69) is 31.0 Å². The van der Waals surface area contributed by atoms with Crippen molar-refractivity contribution in [2.75, 3.05) is 12.1 Å². The van der Waals surface area contributed by atoms with Crippen LogP contribution in [0.2, 0.25) is 0 Å². The third-order valence-electron chi connectivity index (χ3n) is 6.01. The Hall–Kier alpha value is -1.51. The fourth-order valence-electron chi connectivity index (χ4n) is 4.55. The van der Waals surface area contributed by atoms with Gasteiger partial charge in [0.2, 0.25) is 0 Å². The first-order valence-corrected chi connectivity index (χ1v) is 10.7. The Bertz CT molecular complexity index is 552. The van der Waals surface area contributed by atoms with Crippen molar-refractivity contribution in [3.05, 3.63) is 24.3 Å². The monoisotopic (exact) mass is 358 g/mol. The third-order valence-corrected chi connectivity index (χ3v) is 6.01. The number of hydrazone groups is 1. The molecule has 2 aliphatic rings. The Morgan fingerprint density at radius 3 is 2.35 bits per heavy atom. The summed E-state index contributed by atoms with van der Waals surface area (Å²) in [6, 6.07) is 8.87. The van der Waals surface area contributed by atoms with Crippen LogP contribution in [0, 0.1) is 11.8 Å². The number of rotatable bonds is 3. The minimum Gasteiger partial charge on any atom is -0.497 e. The van der Waals surface area contributed by atoms with Crippen LogP contribution in [0.1, 0.15) is 79.1 Å². The van der Waals surface area contributed by atoms with E-state index in [0.29, 0.717) is 6.04 Å². The number of hydrogen-bond acceptors (Lipinski definition) is 3. The molecule has 0 N–H and O–H groups in total. The van der Waals surface area contributed by atoms with E-state index in [-0.39, 0.29) is 0 Å². The first-order valence-electron chi connectivity index (χ1n) is 10.7. The average molecular weight is 359 g/mol. The largest absolute Gasteiger partial charge is 0.497 e. The van der Waals surface area contributed by atoms with E-state index < -0.39 is 0 Å². The Kier molecular flexibility index (Phi) is 8.47. The van der Waals surface area contributed by atoms with Crippen molar-refractivity contribution in [2.45, 2.75) is 85.1 Å². The Labute approximate surface area is 160 Å². The number of benzene rings is 1. The van der Waals surface area contributed by atoms with Crippen molar-refractivity contribution in [3.63, 3.8) is 0 Å². The lowest BCUT2D eigenvalue weighted by molar-refractivity contribution is 0.192. The summed E-state index contributed by atoms with van der Waals surface area (Å²) >= 11 is 0. The van der Waals surface area contributed by atoms with Gasteiger partial charge in [0.1, 0.15) is 5.75 Å². The number of fused-ring (bicyclic) bond motifs is 1. The smallest absolute Gasteiger partial charge is 0.119 e. The van der Waals surface area contributed by atoms with Crippen LogP contribution in [0.15, 0.2) is 29.4 Å². The summed E-state index contributed by atoms with van der Waals surface area (Å²) in [5.74, 6) is 2.55. The van der Waals surface area contributed by atoms with Gasteiger partial charge >= 0.3 is 0 Å². The van der Waals surface area contributed by atoms with Crippen molar-refractivity contribution in [1.82, 2.24) is 0 Å². The van der Waals surface area contributed by atoms with Crippen LogP contribution in [0.3, 0.4) is 0 Å². The van der Waals surface area contributed by atoms with Crippen LogP contribution < -0.4 is 9.75 Å². The van der Waals surface area contributed by atoms with Gasteiger partial charge < -0.3 is 4.74 Å². The molecule has 0 spiro atoms. The summed E-state index contributed by atoms with van der Waals surface area (Å²) in [5.41, 5.74) is 2.54. The van der Waals surface area contributed by atoms with E-state index in [1.807, 2.05) is 26.0 Å². The van der Waals surface area contributed by atoms with E-state index in [0.717, 1.165) is 30.4 Å². The van der Waals surface area contributed by atoms with Crippen molar-refractivity contribution in [1.29, 1.82) is 0 Å². The minimum absolute atomic E-state index is 0.461. The summed E-state index contributed by atoms with van der Waals surface area (Å²) in [5, 5.41) is 7.43. The lowest BCUT2D eigenvalue weighted by Gasteiger charge is -2.39. The molecule has 3 nitrogen and oxygen atoms in total. The number of hydrogen-bond donors (Lipinski definition) is 0. The molecule has 1 fully saturated rings. The molecule has 1 aromatic rings. The molecule has 146 valence electrons. The maximum absolute atomic E-state index is 5.32. The molecular formula is C23H38N2O. The van der Waals surface area contributed by atoms with E-state index >= 15 is 0 Å². The van der Waals surface area contributed by atoms with Gasteiger partial charge in [0.15, 0.2) is 0 Å². The van der Waals surface area contributed by atoms with Gasteiger partial charge in [-0.05, 0) is 75.1 Å². The van der Waals surface area contributed by atoms with Gasteiger partial charge in [0.05, 0.1) is 18.8 Å². The summed E-state index contributed by atoms with van der Waals surface area (Å²) in [6.07, 6.45) is 10.4. The predicted octanol–water partition coefficient (Wildman–Crippen LogP) is 6.67. The third kappa shape index (κ3) is 5.02. The molecule has 0 aromatic heterocycles. The number of ether oxygens (including phenoxy) is 1. The highest BCUT2D eigenvalue weighted by Crippen LogP contribution is 2.39. The first-order chi connectivity index (χ1) is 12.7. The molecule has 0 saturated heterocycles. The van der Waals surface area contributed by atoms with Crippen molar-refractivity contribution in [3.8, 4) is 5.75 Å². The Balaban J connectivity index is 0.00000117. The van der Waals surface area contributed by atoms with Gasteiger partial charge in [-0.3, -0.25) is 5.01 Å². The van der Waals surface area contributed by atoms with Gasteiger partial charge in [0.25, 0.3) is 0 Å². The lowest BCUT2D eigenvalue weighted by Crippen LogP contribution is -2.40. The molecule has 1 aliphatic carbocycles. The number of anilines is 1. The van der Waals surface area contributed by atoms with Gasteiger partial charge in [-0.15, -0.1) is 0 Å². The molecule has 0 amide bonds. The highest BCUT2D eigenvalue weighted by molar-refractivity contribution is 5.85. The highest BCUT2D eigenvalue weighted by atomic mass is 16.5. The van der Waals surface area contributed by atoms with Crippen molar-refractivity contribution in [2.24, 2.45) is 16.9 Å².